The fourth-order valence-electron chi connectivity index (χ4n) is 2.28. The van der Waals surface area contributed by atoms with Gasteiger partial charge in [0.25, 0.3) is 0 Å². The number of amides is 1. The van der Waals surface area contributed by atoms with Crippen LogP contribution in [-0.2, 0) is 14.3 Å². The Labute approximate surface area is 125 Å². The van der Waals surface area contributed by atoms with E-state index in [2.05, 4.69) is 10.3 Å². The minimum Gasteiger partial charge on any atom is -0.376 e. The number of benzene rings is 1. The maximum atomic E-state index is 11.8. The van der Waals surface area contributed by atoms with Gasteiger partial charge in [-0.15, -0.1) is 0 Å². The van der Waals surface area contributed by atoms with Crippen LogP contribution in [0.5, 0.6) is 0 Å². The van der Waals surface area contributed by atoms with Crippen LogP contribution in [0.25, 0.3) is 10.2 Å². The van der Waals surface area contributed by atoms with Crippen LogP contribution in [0.2, 0.25) is 0 Å². The maximum absolute atomic E-state index is 11.8. The summed E-state index contributed by atoms with van der Waals surface area (Å²) >= 11 is 1.12. The van der Waals surface area contributed by atoms with Crippen LogP contribution in [0.4, 0.5) is 5.69 Å². The van der Waals surface area contributed by atoms with Crippen LogP contribution in [0.15, 0.2) is 23.0 Å². The third-order valence-electron chi connectivity index (χ3n) is 3.27. The lowest BCUT2D eigenvalue weighted by molar-refractivity contribution is -0.121. The Bertz CT molecular complexity index is 688. The monoisotopic (exact) mass is 308 g/mol. The SMILES string of the molecule is O=C(COCC1CCCO1)Nc1ccc2[nH]c(=O)sc2c1. The highest BCUT2D eigenvalue weighted by Crippen LogP contribution is 2.19. The lowest BCUT2D eigenvalue weighted by Crippen LogP contribution is -2.22. The molecule has 1 aromatic carbocycles. The Balaban J connectivity index is 1.51. The number of carbonyl (C=O) groups excluding carboxylic acids is 1. The molecule has 0 radical (unpaired) electrons. The fourth-order valence-corrected chi connectivity index (χ4v) is 3.05. The summed E-state index contributed by atoms with van der Waals surface area (Å²) in [6.45, 7) is 1.23. The molecule has 6 nitrogen and oxygen atoms in total. The molecule has 112 valence electrons. The number of aromatic amines is 1. The molecule has 1 amide bonds. The van der Waals surface area contributed by atoms with Gasteiger partial charge in [-0.3, -0.25) is 9.59 Å². The number of carbonyl (C=O) groups is 1. The molecular weight excluding hydrogens is 292 g/mol. The molecule has 0 bridgehead atoms. The second-order valence-electron chi connectivity index (χ2n) is 4.92. The summed E-state index contributed by atoms with van der Waals surface area (Å²) in [5, 5.41) is 2.75. The molecule has 3 rings (SSSR count). The van der Waals surface area contributed by atoms with Crippen molar-refractivity contribution in [3.05, 3.63) is 27.9 Å². The molecule has 1 unspecified atom stereocenters. The zero-order chi connectivity index (χ0) is 14.7. The van der Waals surface area contributed by atoms with Gasteiger partial charge < -0.3 is 19.8 Å². The number of rotatable bonds is 5. The minimum absolute atomic E-state index is 0.00126. The van der Waals surface area contributed by atoms with Gasteiger partial charge in [0.15, 0.2) is 0 Å². The van der Waals surface area contributed by atoms with Crippen molar-refractivity contribution in [3.63, 3.8) is 0 Å². The van der Waals surface area contributed by atoms with Crippen molar-refractivity contribution in [2.24, 2.45) is 0 Å². The number of nitrogens with one attached hydrogen (secondary N) is 2. The predicted molar refractivity (Wildman–Crippen MR) is 80.9 cm³/mol. The number of thiazole rings is 1. The van der Waals surface area contributed by atoms with E-state index in [-0.39, 0.29) is 23.5 Å². The second kappa shape index (κ2) is 6.38. The second-order valence-corrected chi connectivity index (χ2v) is 5.94. The lowest BCUT2D eigenvalue weighted by Gasteiger charge is -2.10. The molecule has 2 aromatic rings. The van der Waals surface area contributed by atoms with Crippen molar-refractivity contribution in [1.82, 2.24) is 4.98 Å². The molecule has 0 spiro atoms. The van der Waals surface area contributed by atoms with E-state index in [0.29, 0.717) is 12.3 Å². The number of ether oxygens (including phenoxy) is 2. The zero-order valence-corrected chi connectivity index (χ0v) is 12.2. The highest BCUT2D eigenvalue weighted by atomic mass is 32.1. The van der Waals surface area contributed by atoms with Gasteiger partial charge in [-0.2, -0.15) is 0 Å². The summed E-state index contributed by atoms with van der Waals surface area (Å²) in [6.07, 6.45) is 2.16. The van der Waals surface area contributed by atoms with E-state index >= 15 is 0 Å². The molecule has 1 aliphatic rings. The zero-order valence-electron chi connectivity index (χ0n) is 11.4. The molecule has 21 heavy (non-hydrogen) atoms. The molecule has 1 aliphatic heterocycles. The minimum atomic E-state index is -0.213. The normalized spacial score (nSPS) is 18.2. The summed E-state index contributed by atoms with van der Waals surface area (Å²) in [5.41, 5.74) is 1.43. The van der Waals surface area contributed by atoms with Crippen molar-refractivity contribution >= 4 is 33.1 Å². The van der Waals surface area contributed by atoms with E-state index in [9.17, 15) is 9.59 Å². The average Bonchev–Trinajstić information content (AvgIpc) is 3.06. The molecule has 2 N–H and O–H groups in total. The molecule has 2 heterocycles. The Kier molecular flexibility index (Phi) is 4.33. The van der Waals surface area contributed by atoms with Crippen molar-refractivity contribution in [2.75, 3.05) is 25.1 Å². The molecule has 1 aromatic heterocycles. The van der Waals surface area contributed by atoms with Gasteiger partial charge in [0.2, 0.25) is 5.91 Å². The highest BCUT2D eigenvalue weighted by Gasteiger charge is 2.16. The molecule has 1 saturated heterocycles. The first kappa shape index (κ1) is 14.2. The molecule has 1 atom stereocenters. The van der Waals surface area contributed by atoms with Crippen LogP contribution >= 0.6 is 11.3 Å². The van der Waals surface area contributed by atoms with Gasteiger partial charge >= 0.3 is 4.87 Å². The van der Waals surface area contributed by atoms with Crippen LogP contribution in [0.1, 0.15) is 12.8 Å². The molecule has 7 heteroatoms. The topological polar surface area (TPSA) is 80.4 Å². The van der Waals surface area contributed by atoms with Crippen LogP contribution in [0, 0.1) is 0 Å². The summed E-state index contributed by atoms with van der Waals surface area (Å²) in [7, 11) is 0. The molecule has 0 saturated carbocycles. The van der Waals surface area contributed by atoms with Crippen molar-refractivity contribution < 1.29 is 14.3 Å². The van der Waals surface area contributed by atoms with Gasteiger partial charge in [0.1, 0.15) is 6.61 Å². The van der Waals surface area contributed by atoms with Gasteiger partial charge in [0, 0.05) is 12.3 Å². The first-order valence-electron chi connectivity index (χ1n) is 6.83. The summed E-state index contributed by atoms with van der Waals surface area (Å²) in [6, 6.07) is 5.30. The van der Waals surface area contributed by atoms with Crippen molar-refractivity contribution in [2.45, 2.75) is 18.9 Å². The first-order valence-corrected chi connectivity index (χ1v) is 7.64. The van der Waals surface area contributed by atoms with Crippen LogP contribution in [0.3, 0.4) is 0 Å². The summed E-state index contributed by atoms with van der Waals surface area (Å²) < 4.78 is 11.6. The van der Waals surface area contributed by atoms with Crippen LogP contribution < -0.4 is 10.2 Å². The lowest BCUT2D eigenvalue weighted by atomic mass is 10.2. The number of hydrogen-bond acceptors (Lipinski definition) is 5. The number of fused-ring (bicyclic) bond motifs is 1. The number of aromatic nitrogens is 1. The molecule has 0 aliphatic carbocycles. The Morgan fingerprint density at radius 1 is 1.52 bits per heavy atom. The van der Waals surface area contributed by atoms with Gasteiger partial charge in [-0.05, 0) is 31.0 Å². The van der Waals surface area contributed by atoms with E-state index in [4.69, 9.17) is 9.47 Å². The van der Waals surface area contributed by atoms with E-state index in [1.54, 1.807) is 18.2 Å². The third-order valence-corrected chi connectivity index (χ3v) is 4.11. The predicted octanol–water partition coefficient (Wildman–Crippen LogP) is 1.72. The van der Waals surface area contributed by atoms with Crippen molar-refractivity contribution in [1.29, 1.82) is 0 Å². The van der Waals surface area contributed by atoms with Crippen LogP contribution in [-0.4, -0.2) is 36.8 Å². The van der Waals surface area contributed by atoms with Gasteiger partial charge in [-0.1, -0.05) is 11.3 Å². The van der Waals surface area contributed by atoms with Gasteiger partial charge in [0.05, 0.1) is 22.9 Å². The largest absolute Gasteiger partial charge is 0.376 e. The Hall–Kier alpha value is -1.70. The van der Waals surface area contributed by atoms with Gasteiger partial charge in [-0.25, -0.2) is 0 Å². The standard InChI is InChI=1S/C14H16N2O4S/c17-13(8-19-7-10-2-1-5-20-10)15-9-3-4-11-12(6-9)21-14(18)16-11/h3-4,6,10H,1-2,5,7-8H2,(H,15,17)(H,16,18). The number of H-pyrrole nitrogens is 1. The first-order chi connectivity index (χ1) is 10.2. The molecule has 1 fully saturated rings. The molecular formula is C14H16N2O4S. The summed E-state index contributed by atoms with van der Waals surface area (Å²) in [5.74, 6) is -0.213. The Morgan fingerprint density at radius 3 is 3.24 bits per heavy atom. The third kappa shape index (κ3) is 3.69. The van der Waals surface area contributed by atoms with Crippen molar-refractivity contribution in [3.8, 4) is 0 Å². The Morgan fingerprint density at radius 2 is 2.43 bits per heavy atom. The highest BCUT2D eigenvalue weighted by molar-refractivity contribution is 7.16. The quantitative estimate of drug-likeness (QED) is 0.881. The van der Waals surface area contributed by atoms with E-state index in [1.165, 1.54) is 0 Å². The average molecular weight is 308 g/mol. The smallest absolute Gasteiger partial charge is 0.305 e. The number of hydrogen-bond donors (Lipinski definition) is 2. The van der Waals surface area contributed by atoms with E-state index in [0.717, 1.165) is 41.0 Å². The van der Waals surface area contributed by atoms with E-state index < -0.39 is 0 Å². The fraction of sp³-hybridized carbons (Fsp3) is 0.429. The number of anilines is 1. The van der Waals surface area contributed by atoms with E-state index in [1.807, 2.05) is 0 Å². The summed E-state index contributed by atoms with van der Waals surface area (Å²) in [4.78, 5) is 25.6. The maximum Gasteiger partial charge on any atom is 0.305 e.